The summed E-state index contributed by atoms with van der Waals surface area (Å²) in [6.07, 6.45) is 1.99. The quantitative estimate of drug-likeness (QED) is 0.286. The Hall–Kier alpha value is 0.447. The van der Waals surface area contributed by atoms with Gasteiger partial charge in [0.2, 0.25) is 0 Å². The molecule has 0 aliphatic heterocycles. The zero-order chi connectivity index (χ0) is 10.2. The number of hydrogen-bond donors (Lipinski definition) is 1. The fourth-order valence-corrected chi connectivity index (χ4v) is 2.82. The highest BCUT2D eigenvalue weighted by atomic mass is 32.1. The van der Waals surface area contributed by atoms with Gasteiger partial charge in [0, 0.05) is 27.4 Å². The molecular weight excluding hydrogens is 204 g/mol. The van der Waals surface area contributed by atoms with Gasteiger partial charge in [0.25, 0.3) is 5.97 Å². The van der Waals surface area contributed by atoms with E-state index in [1.54, 1.807) is 21.1 Å². The lowest BCUT2D eigenvalue weighted by Gasteiger charge is -2.25. The molecule has 0 aromatic carbocycles. The molecule has 0 bridgehead atoms. The molecule has 80 valence electrons. The van der Waals surface area contributed by atoms with Gasteiger partial charge in [-0.2, -0.15) is 12.6 Å². The largest absolute Gasteiger partial charge is 0.332 e. The summed E-state index contributed by atoms with van der Waals surface area (Å²) in [5.41, 5.74) is 0. The van der Waals surface area contributed by atoms with Crippen LogP contribution in [0.4, 0.5) is 0 Å². The van der Waals surface area contributed by atoms with Crippen LogP contribution in [0, 0.1) is 0 Å². The Morgan fingerprint density at radius 2 is 1.92 bits per heavy atom. The first-order valence-corrected chi connectivity index (χ1v) is 7.17. The molecular formula is C8H20O3SSi. The van der Waals surface area contributed by atoms with Crippen molar-refractivity contribution in [1.29, 1.82) is 0 Å². The average Bonchev–Trinajstić information content (AvgIpc) is 2.17. The molecule has 0 saturated carbocycles. The Labute approximate surface area is 88.4 Å². The second kappa shape index (κ2) is 7.81. The van der Waals surface area contributed by atoms with Crippen LogP contribution in [-0.2, 0) is 14.2 Å². The summed E-state index contributed by atoms with van der Waals surface area (Å²) in [6.45, 7) is 1.78. The summed E-state index contributed by atoms with van der Waals surface area (Å²) in [5.74, 6) is 0.118. The van der Waals surface area contributed by atoms with Crippen LogP contribution in [-0.4, -0.2) is 41.7 Å². The molecule has 0 heterocycles. The van der Waals surface area contributed by atoms with Crippen LogP contribution in [0.1, 0.15) is 13.3 Å². The maximum absolute atomic E-state index is 5.47. The predicted octanol–water partition coefficient (Wildman–Crippen LogP) is 0.834. The monoisotopic (exact) mass is 224 g/mol. The van der Waals surface area contributed by atoms with Gasteiger partial charge in [-0.15, -0.1) is 0 Å². The van der Waals surface area contributed by atoms with E-state index in [2.05, 4.69) is 12.6 Å². The van der Waals surface area contributed by atoms with Gasteiger partial charge >= 0.3 is 0 Å². The highest BCUT2D eigenvalue weighted by Gasteiger charge is 2.22. The number of thiol groups is 1. The minimum Gasteiger partial charge on any atom is -0.332 e. The van der Waals surface area contributed by atoms with E-state index in [1.165, 1.54) is 12.5 Å². The number of rotatable bonds is 8. The van der Waals surface area contributed by atoms with Crippen LogP contribution in [0.2, 0.25) is 6.04 Å². The van der Waals surface area contributed by atoms with Crippen molar-refractivity contribution in [2.45, 2.75) is 25.4 Å². The van der Waals surface area contributed by atoms with Gasteiger partial charge in [-0.05, 0) is 12.2 Å². The second-order valence-electron chi connectivity index (χ2n) is 2.90. The fourth-order valence-electron chi connectivity index (χ4n) is 0.849. The topological polar surface area (TPSA) is 27.7 Å². The van der Waals surface area contributed by atoms with Gasteiger partial charge in [-0.25, -0.2) is 0 Å². The number of hydrogen-bond acceptors (Lipinski definition) is 4. The highest BCUT2D eigenvalue weighted by Crippen LogP contribution is 2.10. The van der Waals surface area contributed by atoms with Crippen molar-refractivity contribution in [1.82, 2.24) is 0 Å². The van der Waals surface area contributed by atoms with Gasteiger partial charge in [0.05, 0.1) is 9.52 Å². The number of methoxy groups -OCH3 is 2. The van der Waals surface area contributed by atoms with E-state index in [0.29, 0.717) is 0 Å². The predicted molar refractivity (Wildman–Crippen MR) is 60.2 cm³/mol. The molecule has 0 amide bonds. The molecule has 13 heavy (non-hydrogen) atoms. The Morgan fingerprint density at radius 3 is 2.38 bits per heavy atom. The summed E-state index contributed by atoms with van der Waals surface area (Å²) in [4.78, 5) is 0. The van der Waals surface area contributed by atoms with E-state index < -0.39 is 5.97 Å². The first-order chi connectivity index (χ1) is 6.18. The molecule has 0 rings (SSSR count). The lowest BCUT2D eigenvalue weighted by Crippen LogP contribution is -2.34. The molecule has 0 atom stereocenters. The lowest BCUT2D eigenvalue weighted by molar-refractivity contribution is -0.344. The third-order valence-electron chi connectivity index (χ3n) is 1.91. The van der Waals surface area contributed by atoms with Crippen molar-refractivity contribution in [3.05, 3.63) is 0 Å². The fraction of sp³-hybridized carbons (Fsp3) is 1.00. The zero-order valence-corrected chi connectivity index (χ0v) is 11.0. The van der Waals surface area contributed by atoms with Crippen molar-refractivity contribution in [2.24, 2.45) is 0 Å². The van der Waals surface area contributed by atoms with Crippen LogP contribution >= 0.6 is 12.6 Å². The Kier molecular flexibility index (Phi) is 8.08. The van der Waals surface area contributed by atoms with Crippen molar-refractivity contribution in [2.75, 3.05) is 26.2 Å². The maximum Gasteiger partial charge on any atom is 0.279 e. The van der Waals surface area contributed by atoms with E-state index in [4.69, 9.17) is 14.2 Å². The maximum atomic E-state index is 5.47. The molecule has 0 aromatic rings. The van der Waals surface area contributed by atoms with Crippen molar-refractivity contribution in [3.63, 3.8) is 0 Å². The molecule has 5 heteroatoms. The SMILES string of the molecule is COC(C)(OC)OC[SiH2]CCCS. The van der Waals surface area contributed by atoms with Crippen molar-refractivity contribution >= 4 is 22.1 Å². The van der Waals surface area contributed by atoms with Crippen molar-refractivity contribution < 1.29 is 14.2 Å². The van der Waals surface area contributed by atoms with Gasteiger partial charge in [-0.1, -0.05) is 6.04 Å². The molecule has 0 unspecified atom stereocenters. The van der Waals surface area contributed by atoms with E-state index in [-0.39, 0.29) is 9.52 Å². The van der Waals surface area contributed by atoms with Crippen LogP contribution in [0.25, 0.3) is 0 Å². The second-order valence-corrected chi connectivity index (χ2v) is 5.17. The van der Waals surface area contributed by atoms with Crippen molar-refractivity contribution in [3.8, 4) is 0 Å². The summed E-state index contributed by atoms with van der Waals surface area (Å²) in [5, 5.41) is 0. The van der Waals surface area contributed by atoms with Crippen LogP contribution in [0.5, 0.6) is 0 Å². The molecule has 0 aromatic heterocycles. The summed E-state index contributed by atoms with van der Waals surface area (Å²) in [7, 11) is 3.03. The zero-order valence-electron chi connectivity index (χ0n) is 8.71. The van der Waals surface area contributed by atoms with Crippen LogP contribution in [0.15, 0.2) is 0 Å². The molecule has 0 fully saturated rings. The third-order valence-corrected chi connectivity index (χ3v) is 3.72. The van der Waals surface area contributed by atoms with E-state index in [9.17, 15) is 0 Å². The summed E-state index contributed by atoms with van der Waals surface area (Å²) < 4.78 is 15.6. The molecule has 0 radical (unpaired) electrons. The standard InChI is InChI=1S/C8H20O3SSi/c1-8(9-2,10-3)11-7-13-6-4-5-12/h12H,4-7,13H2,1-3H3. The third kappa shape index (κ3) is 6.51. The minimum absolute atomic E-state index is 0.129. The van der Waals surface area contributed by atoms with Crippen LogP contribution < -0.4 is 0 Å². The Balaban J connectivity index is 3.39. The minimum atomic E-state index is -0.853. The van der Waals surface area contributed by atoms with E-state index >= 15 is 0 Å². The van der Waals surface area contributed by atoms with Gasteiger partial charge < -0.3 is 14.2 Å². The lowest BCUT2D eigenvalue weighted by atomic mass is 10.6. The normalized spacial score (nSPS) is 12.9. The van der Waals surface area contributed by atoms with Gasteiger partial charge in [0.1, 0.15) is 0 Å². The van der Waals surface area contributed by atoms with E-state index in [0.717, 1.165) is 12.0 Å². The molecule has 0 aliphatic carbocycles. The van der Waals surface area contributed by atoms with Gasteiger partial charge in [-0.3, -0.25) is 0 Å². The average molecular weight is 224 g/mol. The highest BCUT2D eigenvalue weighted by molar-refractivity contribution is 7.80. The summed E-state index contributed by atoms with van der Waals surface area (Å²) in [6, 6.07) is 1.27. The van der Waals surface area contributed by atoms with Crippen LogP contribution in [0.3, 0.4) is 0 Å². The molecule has 0 spiro atoms. The first-order valence-electron chi connectivity index (χ1n) is 4.53. The smallest absolute Gasteiger partial charge is 0.279 e. The van der Waals surface area contributed by atoms with E-state index in [1.807, 2.05) is 0 Å². The Morgan fingerprint density at radius 1 is 1.31 bits per heavy atom. The molecule has 0 aliphatic rings. The molecule has 0 saturated heterocycles. The molecule has 3 nitrogen and oxygen atoms in total. The molecule has 0 N–H and O–H groups in total. The summed E-state index contributed by atoms with van der Waals surface area (Å²) >= 11 is 4.15. The number of ether oxygens (including phenoxy) is 3. The van der Waals surface area contributed by atoms with Gasteiger partial charge in [0.15, 0.2) is 0 Å². The Bertz CT molecular complexity index is 120. The first kappa shape index (κ1) is 13.4.